The van der Waals surface area contributed by atoms with E-state index in [4.69, 9.17) is 5.73 Å². The zero-order chi connectivity index (χ0) is 14.6. The van der Waals surface area contributed by atoms with E-state index in [0.29, 0.717) is 6.42 Å². The summed E-state index contributed by atoms with van der Waals surface area (Å²) in [6, 6.07) is 2.57. The minimum absolute atomic E-state index is 0.129. The van der Waals surface area contributed by atoms with Crippen LogP contribution in [0.3, 0.4) is 0 Å². The maximum absolute atomic E-state index is 13.6. The van der Waals surface area contributed by atoms with Crippen molar-refractivity contribution >= 4 is 5.91 Å². The number of carbonyl (C=O) groups excluding carboxylic acids is 1. The molecule has 0 aromatic heterocycles. The Morgan fingerprint density at radius 1 is 1.47 bits per heavy atom. The SMILES string of the molecule is CCC(C)(CN)C(=O)NC(C)c1cc(F)ccc1F. The van der Waals surface area contributed by atoms with Gasteiger partial charge >= 0.3 is 0 Å². The molecule has 0 saturated heterocycles. The molecular weight excluding hydrogens is 250 g/mol. The molecule has 0 heterocycles. The first kappa shape index (κ1) is 15.6. The molecule has 1 amide bonds. The summed E-state index contributed by atoms with van der Waals surface area (Å²) >= 11 is 0. The van der Waals surface area contributed by atoms with E-state index in [-0.39, 0.29) is 18.0 Å². The highest BCUT2D eigenvalue weighted by Crippen LogP contribution is 2.23. The smallest absolute Gasteiger partial charge is 0.227 e. The summed E-state index contributed by atoms with van der Waals surface area (Å²) in [6.07, 6.45) is 0.577. The first-order chi connectivity index (χ1) is 8.84. The minimum Gasteiger partial charge on any atom is -0.349 e. The van der Waals surface area contributed by atoms with Crippen LogP contribution in [0.2, 0.25) is 0 Å². The number of nitrogens with one attached hydrogen (secondary N) is 1. The Kier molecular flexibility index (Phi) is 5.00. The summed E-state index contributed by atoms with van der Waals surface area (Å²) in [7, 11) is 0. The van der Waals surface area contributed by atoms with E-state index >= 15 is 0 Å². The molecule has 3 N–H and O–H groups in total. The first-order valence-electron chi connectivity index (χ1n) is 6.30. The van der Waals surface area contributed by atoms with Crippen LogP contribution in [-0.2, 0) is 4.79 Å². The van der Waals surface area contributed by atoms with Crippen LogP contribution >= 0.6 is 0 Å². The molecule has 3 nitrogen and oxygen atoms in total. The lowest BCUT2D eigenvalue weighted by Crippen LogP contribution is -2.44. The molecule has 0 aliphatic heterocycles. The van der Waals surface area contributed by atoms with Crippen LogP contribution in [0, 0.1) is 17.0 Å². The fraction of sp³-hybridized carbons (Fsp3) is 0.500. The van der Waals surface area contributed by atoms with Gasteiger partial charge in [-0.1, -0.05) is 6.92 Å². The van der Waals surface area contributed by atoms with Gasteiger partial charge < -0.3 is 11.1 Å². The van der Waals surface area contributed by atoms with E-state index in [2.05, 4.69) is 5.32 Å². The Morgan fingerprint density at radius 2 is 2.11 bits per heavy atom. The lowest BCUT2D eigenvalue weighted by molar-refractivity contribution is -0.130. The number of hydrogen-bond donors (Lipinski definition) is 2. The van der Waals surface area contributed by atoms with Crippen LogP contribution in [0.1, 0.15) is 38.8 Å². The average molecular weight is 270 g/mol. The minimum atomic E-state index is -0.696. The first-order valence-corrected chi connectivity index (χ1v) is 6.30. The topological polar surface area (TPSA) is 55.1 Å². The number of halogens is 2. The predicted octanol–water partition coefficient (Wildman–Crippen LogP) is 2.52. The van der Waals surface area contributed by atoms with Gasteiger partial charge in [0.2, 0.25) is 5.91 Å². The third-order valence-electron chi connectivity index (χ3n) is 3.55. The summed E-state index contributed by atoms with van der Waals surface area (Å²) in [4.78, 5) is 12.1. The molecule has 1 rings (SSSR count). The van der Waals surface area contributed by atoms with E-state index in [0.717, 1.165) is 18.2 Å². The average Bonchev–Trinajstić information content (AvgIpc) is 2.40. The Balaban J connectivity index is 2.88. The standard InChI is InChI=1S/C14H20F2N2O/c1-4-14(3,8-17)13(19)18-9(2)11-7-10(15)5-6-12(11)16/h5-7,9H,4,8,17H2,1-3H3,(H,18,19). The van der Waals surface area contributed by atoms with Crippen LogP contribution in [0.25, 0.3) is 0 Å². The van der Waals surface area contributed by atoms with E-state index in [9.17, 15) is 13.6 Å². The fourth-order valence-corrected chi connectivity index (χ4v) is 1.69. The second-order valence-corrected chi connectivity index (χ2v) is 4.98. The van der Waals surface area contributed by atoms with Crippen molar-refractivity contribution in [3.63, 3.8) is 0 Å². The van der Waals surface area contributed by atoms with Crippen molar-refractivity contribution in [1.29, 1.82) is 0 Å². The van der Waals surface area contributed by atoms with Crippen LogP contribution < -0.4 is 11.1 Å². The van der Waals surface area contributed by atoms with Crippen molar-refractivity contribution in [3.8, 4) is 0 Å². The van der Waals surface area contributed by atoms with Crippen molar-refractivity contribution in [2.24, 2.45) is 11.1 Å². The number of amides is 1. The summed E-state index contributed by atoms with van der Waals surface area (Å²) in [6.45, 7) is 5.42. The monoisotopic (exact) mass is 270 g/mol. The molecule has 106 valence electrons. The second kappa shape index (κ2) is 6.10. The van der Waals surface area contributed by atoms with Gasteiger partial charge in [0.15, 0.2) is 0 Å². The van der Waals surface area contributed by atoms with E-state index in [1.165, 1.54) is 0 Å². The highest BCUT2D eigenvalue weighted by molar-refractivity contribution is 5.82. The number of rotatable bonds is 5. The van der Waals surface area contributed by atoms with Crippen molar-refractivity contribution in [3.05, 3.63) is 35.4 Å². The van der Waals surface area contributed by atoms with Gasteiger partial charge in [-0.2, -0.15) is 0 Å². The molecule has 2 atom stereocenters. The molecule has 19 heavy (non-hydrogen) atoms. The third kappa shape index (κ3) is 3.50. The third-order valence-corrected chi connectivity index (χ3v) is 3.55. The number of hydrogen-bond acceptors (Lipinski definition) is 2. The summed E-state index contributed by atoms with van der Waals surface area (Å²) < 4.78 is 26.7. The summed E-state index contributed by atoms with van der Waals surface area (Å²) in [5, 5.41) is 2.68. The molecule has 0 spiro atoms. The van der Waals surface area contributed by atoms with E-state index < -0.39 is 23.1 Å². The van der Waals surface area contributed by atoms with Gasteiger partial charge in [0, 0.05) is 12.1 Å². The Morgan fingerprint density at radius 3 is 2.63 bits per heavy atom. The second-order valence-electron chi connectivity index (χ2n) is 4.98. The fourth-order valence-electron chi connectivity index (χ4n) is 1.69. The number of benzene rings is 1. The van der Waals surface area contributed by atoms with Gasteiger partial charge in [-0.15, -0.1) is 0 Å². The Bertz CT molecular complexity index is 459. The zero-order valence-corrected chi connectivity index (χ0v) is 11.5. The van der Waals surface area contributed by atoms with Gasteiger partial charge in [0.05, 0.1) is 11.5 Å². The van der Waals surface area contributed by atoms with Crippen molar-refractivity contribution in [1.82, 2.24) is 5.32 Å². The highest BCUT2D eigenvalue weighted by atomic mass is 19.1. The van der Waals surface area contributed by atoms with Crippen molar-refractivity contribution in [2.45, 2.75) is 33.2 Å². The molecule has 0 fully saturated rings. The van der Waals surface area contributed by atoms with Crippen LogP contribution in [-0.4, -0.2) is 12.5 Å². The lowest BCUT2D eigenvalue weighted by atomic mass is 9.86. The Labute approximate surface area is 112 Å². The zero-order valence-electron chi connectivity index (χ0n) is 11.5. The molecule has 2 unspecified atom stereocenters. The molecule has 0 aliphatic rings. The largest absolute Gasteiger partial charge is 0.349 e. The molecule has 0 radical (unpaired) electrons. The lowest BCUT2D eigenvalue weighted by Gasteiger charge is -2.27. The maximum atomic E-state index is 13.6. The number of nitrogens with two attached hydrogens (primary N) is 1. The van der Waals surface area contributed by atoms with E-state index in [1.807, 2.05) is 6.92 Å². The molecule has 1 aromatic rings. The number of carbonyl (C=O) groups is 1. The normalized spacial score (nSPS) is 15.7. The molecule has 1 aromatic carbocycles. The molecule has 0 aliphatic carbocycles. The molecule has 0 saturated carbocycles. The summed E-state index contributed by atoms with van der Waals surface area (Å²) in [5.74, 6) is -1.33. The van der Waals surface area contributed by atoms with E-state index in [1.54, 1.807) is 13.8 Å². The molecule has 5 heteroatoms. The Hall–Kier alpha value is -1.49. The van der Waals surface area contributed by atoms with Gasteiger partial charge in [0.25, 0.3) is 0 Å². The van der Waals surface area contributed by atoms with Crippen LogP contribution in [0.15, 0.2) is 18.2 Å². The quantitative estimate of drug-likeness (QED) is 0.863. The van der Waals surface area contributed by atoms with Crippen LogP contribution in [0.5, 0.6) is 0 Å². The highest BCUT2D eigenvalue weighted by Gasteiger charge is 2.31. The van der Waals surface area contributed by atoms with Gasteiger partial charge in [-0.3, -0.25) is 4.79 Å². The van der Waals surface area contributed by atoms with Gasteiger partial charge in [-0.25, -0.2) is 8.78 Å². The van der Waals surface area contributed by atoms with Gasteiger partial charge in [0.1, 0.15) is 11.6 Å². The molecule has 0 bridgehead atoms. The van der Waals surface area contributed by atoms with Gasteiger partial charge in [-0.05, 0) is 38.5 Å². The summed E-state index contributed by atoms with van der Waals surface area (Å²) in [5.41, 5.74) is 5.02. The van der Waals surface area contributed by atoms with Crippen LogP contribution in [0.4, 0.5) is 8.78 Å². The maximum Gasteiger partial charge on any atom is 0.227 e. The van der Waals surface area contributed by atoms with Crippen molar-refractivity contribution in [2.75, 3.05) is 6.54 Å². The van der Waals surface area contributed by atoms with Crippen molar-refractivity contribution < 1.29 is 13.6 Å². The predicted molar refractivity (Wildman–Crippen MR) is 70.4 cm³/mol. The molecular formula is C14H20F2N2O.